The lowest BCUT2D eigenvalue weighted by Gasteiger charge is -2.15. The van der Waals surface area contributed by atoms with Gasteiger partial charge in [0.15, 0.2) is 0 Å². The second-order valence-electron chi connectivity index (χ2n) is 3.89. The summed E-state index contributed by atoms with van der Waals surface area (Å²) in [7, 11) is 0. The molecule has 0 bridgehead atoms. The van der Waals surface area contributed by atoms with Crippen molar-refractivity contribution in [1.82, 2.24) is 4.90 Å². The van der Waals surface area contributed by atoms with E-state index >= 15 is 0 Å². The summed E-state index contributed by atoms with van der Waals surface area (Å²) in [5.74, 6) is 0.830. The number of carbonyl (C=O) groups is 1. The summed E-state index contributed by atoms with van der Waals surface area (Å²) < 4.78 is 0. The summed E-state index contributed by atoms with van der Waals surface area (Å²) in [6.07, 6.45) is 1.72. The molecule has 1 amide bonds. The topological polar surface area (TPSA) is 20.3 Å². The first kappa shape index (κ1) is 11.1. The highest BCUT2D eigenvalue weighted by molar-refractivity contribution is 9.09. The molecule has 0 saturated carbocycles. The standard InChI is InChI=1S/C11H14BrNOS/c12-7-9-6-11(14)13(8-9)4-3-10-2-1-5-15-10/h1-2,5,9H,3-4,6-8H2. The van der Waals surface area contributed by atoms with Crippen LogP contribution < -0.4 is 0 Å². The van der Waals surface area contributed by atoms with Crippen LogP contribution >= 0.6 is 27.3 Å². The number of nitrogens with zero attached hydrogens (tertiary/aromatic N) is 1. The Kier molecular flexibility index (Phi) is 3.81. The molecular formula is C11H14BrNOS. The Balaban J connectivity index is 1.83. The lowest BCUT2D eigenvalue weighted by Crippen LogP contribution is -2.27. The maximum atomic E-state index is 11.6. The molecule has 1 aromatic heterocycles. The second kappa shape index (κ2) is 5.12. The van der Waals surface area contributed by atoms with Crippen molar-refractivity contribution in [1.29, 1.82) is 0 Å². The maximum absolute atomic E-state index is 11.6. The van der Waals surface area contributed by atoms with Crippen LogP contribution in [0, 0.1) is 5.92 Å². The molecule has 15 heavy (non-hydrogen) atoms. The lowest BCUT2D eigenvalue weighted by atomic mass is 10.2. The van der Waals surface area contributed by atoms with Crippen LogP contribution in [0.3, 0.4) is 0 Å². The molecule has 1 fully saturated rings. The second-order valence-corrected chi connectivity index (χ2v) is 5.57. The Hall–Kier alpha value is -0.350. The third-order valence-electron chi connectivity index (χ3n) is 2.72. The predicted octanol–water partition coefficient (Wildman–Crippen LogP) is 2.53. The lowest BCUT2D eigenvalue weighted by molar-refractivity contribution is -0.127. The molecule has 2 nitrogen and oxygen atoms in total. The van der Waals surface area contributed by atoms with E-state index in [2.05, 4.69) is 33.4 Å². The van der Waals surface area contributed by atoms with Gasteiger partial charge in [-0.2, -0.15) is 0 Å². The van der Waals surface area contributed by atoms with Gasteiger partial charge in [0.1, 0.15) is 0 Å². The molecule has 1 aliphatic heterocycles. The Morgan fingerprint density at radius 3 is 3.07 bits per heavy atom. The van der Waals surface area contributed by atoms with Crippen molar-refractivity contribution in [3.63, 3.8) is 0 Å². The van der Waals surface area contributed by atoms with Gasteiger partial charge in [0.2, 0.25) is 5.91 Å². The molecule has 2 heterocycles. The van der Waals surface area contributed by atoms with Gasteiger partial charge in [-0.25, -0.2) is 0 Å². The number of hydrogen-bond donors (Lipinski definition) is 0. The minimum atomic E-state index is 0.316. The molecule has 82 valence electrons. The van der Waals surface area contributed by atoms with Crippen LogP contribution in [-0.4, -0.2) is 29.2 Å². The van der Waals surface area contributed by atoms with Crippen LogP contribution in [0.4, 0.5) is 0 Å². The van der Waals surface area contributed by atoms with Crippen molar-refractivity contribution in [2.24, 2.45) is 5.92 Å². The summed E-state index contributed by atoms with van der Waals surface area (Å²) in [5.41, 5.74) is 0. The highest BCUT2D eigenvalue weighted by Crippen LogP contribution is 2.20. The third-order valence-corrected chi connectivity index (χ3v) is 4.57. The van der Waals surface area contributed by atoms with Gasteiger partial charge in [-0.3, -0.25) is 4.79 Å². The van der Waals surface area contributed by atoms with Crippen molar-refractivity contribution >= 4 is 33.2 Å². The number of amides is 1. The zero-order valence-corrected chi connectivity index (χ0v) is 10.9. The van der Waals surface area contributed by atoms with Gasteiger partial charge >= 0.3 is 0 Å². The summed E-state index contributed by atoms with van der Waals surface area (Å²) >= 11 is 5.21. The van der Waals surface area contributed by atoms with Gasteiger partial charge in [-0.15, -0.1) is 11.3 Å². The van der Waals surface area contributed by atoms with Gasteiger partial charge in [0.05, 0.1) is 0 Å². The van der Waals surface area contributed by atoms with Crippen molar-refractivity contribution in [2.45, 2.75) is 12.8 Å². The van der Waals surface area contributed by atoms with Gasteiger partial charge in [0.25, 0.3) is 0 Å². The zero-order valence-electron chi connectivity index (χ0n) is 8.49. The van der Waals surface area contributed by atoms with Crippen LogP contribution in [0.25, 0.3) is 0 Å². The van der Waals surface area contributed by atoms with Crippen LogP contribution in [0.1, 0.15) is 11.3 Å². The molecule has 4 heteroatoms. The largest absolute Gasteiger partial charge is 0.342 e. The fourth-order valence-corrected chi connectivity index (χ4v) is 3.01. The van der Waals surface area contributed by atoms with Crippen molar-refractivity contribution in [3.8, 4) is 0 Å². The number of carbonyl (C=O) groups excluding carboxylic acids is 1. The van der Waals surface area contributed by atoms with E-state index in [1.54, 1.807) is 11.3 Å². The maximum Gasteiger partial charge on any atom is 0.222 e. The average Bonchev–Trinajstić information content (AvgIpc) is 2.84. The Bertz CT molecular complexity index is 325. The summed E-state index contributed by atoms with van der Waals surface area (Å²) in [6.45, 7) is 1.80. The summed E-state index contributed by atoms with van der Waals surface area (Å²) in [4.78, 5) is 15.0. The van der Waals surface area contributed by atoms with Crippen LogP contribution in [0.15, 0.2) is 17.5 Å². The van der Waals surface area contributed by atoms with E-state index in [1.165, 1.54) is 4.88 Å². The van der Waals surface area contributed by atoms with Crippen molar-refractivity contribution in [3.05, 3.63) is 22.4 Å². The molecular weight excluding hydrogens is 274 g/mol. The third kappa shape index (κ3) is 2.82. The molecule has 0 radical (unpaired) electrons. The van der Waals surface area contributed by atoms with Crippen LogP contribution in [0.2, 0.25) is 0 Å². The molecule has 0 aromatic carbocycles. The Morgan fingerprint density at radius 2 is 2.47 bits per heavy atom. The quantitative estimate of drug-likeness (QED) is 0.780. The van der Waals surface area contributed by atoms with Crippen molar-refractivity contribution in [2.75, 3.05) is 18.4 Å². The van der Waals surface area contributed by atoms with E-state index in [-0.39, 0.29) is 0 Å². The molecule has 1 aliphatic rings. The summed E-state index contributed by atoms with van der Waals surface area (Å²) in [6, 6.07) is 4.19. The van der Waals surface area contributed by atoms with Gasteiger partial charge < -0.3 is 4.90 Å². The minimum absolute atomic E-state index is 0.316. The van der Waals surface area contributed by atoms with Crippen LogP contribution in [0.5, 0.6) is 0 Å². The van der Waals surface area contributed by atoms with Gasteiger partial charge in [-0.1, -0.05) is 22.0 Å². The number of halogens is 1. The number of likely N-dealkylation sites (tertiary alicyclic amines) is 1. The SMILES string of the molecule is O=C1CC(CBr)CN1CCc1cccs1. The minimum Gasteiger partial charge on any atom is -0.342 e. The van der Waals surface area contributed by atoms with E-state index in [1.807, 2.05) is 4.90 Å². The van der Waals surface area contributed by atoms with E-state index in [9.17, 15) is 4.79 Å². The Labute approximate surface area is 102 Å². The van der Waals surface area contributed by atoms with Crippen molar-refractivity contribution < 1.29 is 4.79 Å². The van der Waals surface area contributed by atoms with E-state index in [4.69, 9.17) is 0 Å². The molecule has 1 atom stereocenters. The fraction of sp³-hybridized carbons (Fsp3) is 0.545. The molecule has 1 saturated heterocycles. The molecule has 0 N–H and O–H groups in total. The number of rotatable bonds is 4. The normalized spacial score (nSPS) is 21.3. The first-order chi connectivity index (χ1) is 7.29. The van der Waals surface area contributed by atoms with Crippen LogP contribution in [-0.2, 0) is 11.2 Å². The van der Waals surface area contributed by atoms with E-state index < -0.39 is 0 Å². The monoisotopic (exact) mass is 287 g/mol. The first-order valence-corrected chi connectivity index (χ1v) is 7.16. The van der Waals surface area contributed by atoms with E-state index in [0.29, 0.717) is 11.8 Å². The zero-order chi connectivity index (χ0) is 10.7. The number of alkyl halides is 1. The fourth-order valence-electron chi connectivity index (χ4n) is 1.87. The summed E-state index contributed by atoms with van der Waals surface area (Å²) in [5, 5.41) is 3.02. The highest BCUT2D eigenvalue weighted by atomic mass is 79.9. The molecule has 1 unspecified atom stereocenters. The predicted molar refractivity (Wildman–Crippen MR) is 66.5 cm³/mol. The average molecular weight is 288 g/mol. The van der Waals surface area contributed by atoms with Gasteiger partial charge in [0, 0.05) is 29.7 Å². The molecule has 0 spiro atoms. The number of hydrogen-bond acceptors (Lipinski definition) is 2. The smallest absolute Gasteiger partial charge is 0.222 e. The Morgan fingerprint density at radius 1 is 1.60 bits per heavy atom. The first-order valence-electron chi connectivity index (χ1n) is 5.15. The molecule has 1 aromatic rings. The molecule has 2 rings (SSSR count). The van der Waals surface area contributed by atoms with Gasteiger partial charge in [-0.05, 0) is 23.8 Å². The number of thiophene rings is 1. The highest BCUT2D eigenvalue weighted by Gasteiger charge is 2.28. The van der Waals surface area contributed by atoms with E-state index in [0.717, 1.165) is 31.3 Å². The molecule has 0 aliphatic carbocycles.